The van der Waals surface area contributed by atoms with E-state index in [1.54, 1.807) is 0 Å². The summed E-state index contributed by atoms with van der Waals surface area (Å²) < 4.78 is 0. The summed E-state index contributed by atoms with van der Waals surface area (Å²) in [7, 11) is 0. The molecular formula is C8H16N2O. The summed E-state index contributed by atoms with van der Waals surface area (Å²) in [5, 5.41) is 6.07. The summed E-state index contributed by atoms with van der Waals surface area (Å²) in [6.07, 6.45) is 1.61. The van der Waals surface area contributed by atoms with Gasteiger partial charge in [-0.05, 0) is 6.42 Å². The average molecular weight is 156 g/mol. The van der Waals surface area contributed by atoms with E-state index in [4.69, 9.17) is 0 Å². The van der Waals surface area contributed by atoms with Crippen LogP contribution in [-0.2, 0) is 4.79 Å². The van der Waals surface area contributed by atoms with Crippen LogP contribution in [0.15, 0.2) is 0 Å². The largest absolute Gasteiger partial charge is 0.356 e. The molecule has 3 heteroatoms. The predicted molar refractivity (Wildman–Crippen MR) is 44.3 cm³/mol. The minimum atomic E-state index is 0.194. The van der Waals surface area contributed by atoms with Gasteiger partial charge in [-0.15, -0.1) is 0 Å². The molecule has 0 radical (unpaired) electrons. The zero-order valence-electron chi connectivity index (χ0n) is 7.02. The molecule has 0 aromatic rings. The first-order valence-corrected chi connectivity index (χ1v) is 4.30. The van der Waals surface area contributed by atoms with Crippen LogP contribution < -0.4 is 10.6 Å². The second-order valence-electron chi connectivity index (χ2n) is 3.08. The van der Waals surface area contributed by atoms with Gasteiger partial charge in [-0.2, -0.15) is 0 Å². The predicted octanol–water partition coefficient (Wildman–Crippen LogP) is 0.122. The van der Waals surface area contributed by atoms with E-state index in [9.17, 15) is 4.79 Å². The zero-order chi connectivity index (χ0) is 8.10. The monoisotopic (exact) mass is 156 g/mol. The number of carbonyl (C=O) groups is 1. The van der Waals surface area contributed by atoms with Crippen LogP contribution in [0, 0.1) is 5.92 Å². The van der Waals surface area contributed by atoms with E-state index in [-0.39, 0.29) is 5.91 Å². The van der Waals surface area contributed by atoms with Crippen molar-refractivity contribution in [1.82, 2.24) is 10.6 Å². The molecule has 2 N–H and O–H groups in total. The highest BCUT2D eigenvalue weighted by molar-refractivity contribution is 5.75. The van der Waals surface area contributed by atoms with Crippen LogP contribution >= 0.6 is 0 Å². The Hall–Kier alpha value is -0.570. The van der Waals surface area contributed by atoms with Crippen molar-refractivity contribution < 1.29 is 4.79 Å². The third-order valence-electron chi connectivity index (χ3n) is 1.93. The molecule has 64 valence electrons. The molecule has 0 atom stereocenters. The fraction of sp³-hybridized carbons (Fsp3) is 0.875. The second-order valence-corrected chi connectivity index (χ2v) is 3.08. The topological polar surface area (TPSA) is 41.1 Å². The third-order valence-corrected chi connectivity index (χ3v) is 1.93. The van der Waals surface area contributed by atoms with Crippen LogP contribution in [0.2, 0.25) is 0 Å². The molecule has 1 amide bonds. The highest BCUT2D eigenvalue weighted by atomic mass is 16.1. The highest BCUT2D eigenvalue weighted by Gasteiger charge is 2.16. The van der Waals surface area contributed by atoms with Gasteiger partial charge in [0.05, 0.1) is 0 Å². The van der Waals surface area contributed by atoms with Crippen molar-refractivity contribution >= 4 is 5.91 Å². The standard InChI is InChI=1S/C8H16N2O/c1-2-3-8(11)10-6-7-4-9-5-7/h7,9H,2-6H2,1H3,(H,10,11). The van der Waals surface area contributed by atoms with Gasteiger partial charge in [0.25, 0.3) is 0 Å². The molecule has 0 spiro atoms. The number of carbonyl (C=O) groups excluding carboxylic acids is 1. The Labute approximate surface area is 67.5 Å². The molecule has 1 aliphatic heterocycles. The van der Waals surface area contributed by atoms with Crippen LogP contribution in [0.4, 0.5) is 0 Å². The normalized spacial score (nSPS) is 17.5. The van der Waals surface area contributed by atoms with Gasteiger partial charge in [0.2, 0.25) is 5.91 Å². The lowest BCUT2D eigenvalue weighted by molar-refractivity contribution is -0.121. The Morgan fingerprint density at radius 3 is 2.82 bits per heavy atom. The Morgan fingerprint density at radius 1 is 1.64 bits per heavy atom. The van der Waals surface area contributed by atoms with E-state index in [1.807, 2.05) is 6.92 Å². The molecule has 1 fully saturated rings. The molecule has 0 saturated carbocycles. The van der Waals surface area contributed by atoms with Crippen molar-refractivity contribution in [2.75, 3.05) is 19.6 Å². The van der Waals surface area contributed by atoms with Gasteiger partial charge in [-0.25, -0.2) is 0 Å². The Morgan fingerprint density at radius 2 is 2.36 bits per heavy atom. The quantitative estimate of drug-likeness (QED) is 0.607. The molecule has 1 saturated heterocycles. The lowest BCUT2D eigenvalue weighted by Crippen LogP contribution is -2.48. The van der Waals surface area contributed by atoms with Crippen molar-refractivity contribution in [2.45, 2.75) is 19.8 Å². The van der Waals surface area contributed by atoms with E-state index in [0.717, 1.165) is 26.1 Å². The molecule has 0 bridgehead atoms. The van der Waals surface area contributed by atoms with Crippen LogP contribution in [-0.4, -0.2) is 25.5 Å². The van der Waals surface area contributed by atoms with Gasteiger partial charge in [-0.1, -0.05) is 6.92 Å². The number of rotatable bonds is 4. The molecule has 11 heavy (non-hydrogen) atoms. The highest BCUT2D eigenvalue weighted by Crippen LogP contribution is 1.99. The zero-order valence-corrected chi connectivity index (χ0v) is 7.02. The van der Waals surface area contributed by atoms with E-state index < -0.39 is 0 Å². The molecule has 0 aromatic carbocycles. The second kappa shape index (κ2) is 4.34. The van der Waals surface area contributed by atoms with Crippen molar-refractivity contribution in [2.24, 2.45) is 5.92 Å². The van der Waals surface area contributed by atoms with E-state index in [1.165, 1.54) is 0 Å². The molecule has 3 nitrogen and oxygen atoms in total. The van der Waals surface area contributed by atoms with Gasteiger partial charge in [0, 0.05) is 32.0 Å². The summed E-state index contributed by atoms with van der Waals surface area (Å²) in [6.45, 7) is 5.00. The number of amides is 1. The van der Waals surface area contributed by atoms with E-state index in [0.29, 0.717) is 12.3 Å². The van der Waals surface area contributed by atoms with E-state index >= 15 is 0 Å². The maximum Gasteiger partial charge on any atom is 0.219 e. The van der Waals surface area contributed by atoms with Crippen molar-refractivity contribution in [3.63, 3.8) is 0 Å². The molecule has 0 aromatic heterocycles. The molecule has 1 heterocycles. The fourth-order valence-electron chi connectivity index (χ4n) is 1.07. The first-order valence-electron chi connectivity index (χ1n) is 4.30. The SMILES string of the molecule is CCCC(=O)NCC1CNC1. The van der Waals surface area contributed by atoms with Crippen molar-refractivity contribution in [3.8, 4) is 0 Å². The van der Waals surface area contributed by atoms with Gasteiger partial charge in [-0.3, -0.25) is 4.79 Å². The molecule has 0 unspecified atom stereocenters. The first-order chi connectivity index (χ1) is 5.33. The first kappa shape index (κ1) is 8.53. The Balaban J connectivity index is 1.96. The van der Waals surface area contributed by atoms with Crippen LogP contribution in [0.5, 0.6) is 0 Å². The fourth-order valence-corrected chi connectivity index (χ4v) is 1.07. The third kappa shape index (κ3) is 2.89. The van der Waals surface area contributed by atoms with Crippen molar-refractivity contribution in [1.29, 1.82) is 0 Å². The lowest BCUT2D eigenvalue weighted by Gasteiger charge is -2.27. The number of hydrogen-bond donors (Lipinski definition) is 2. The van der Waals surface area contributed by atoms with Crippen LogP contribution in [0.25, 0.3) is 0 Å². The maximum absolute atomic E-state index is 11.0. The average Bonchev–Trinajstić information content (AvgIpc) is 1.85. The van der Waals surface area contributed by atoms with Gasteiger partial charge < -0.3 is 10.6 Å². The summed E-state index contributed by atoms with van der Waals surface area (Å²) in [5.41, 5.74) is 0. The van der Waals surface area contributed by atoms with Crippen LogP contribution in [0.1, 0.15) is 19.8 Å². The van der Waals surface area contributed by atoms with Crippen molar-refractivity contribution in [3.05, 3.63) is 0 Å². The molecule has 0 aliphatic carbocycles. The molecule has 1 rings (SSSR count). The minimum absolute atomic E-state index is 0.194. The lowest BCUT2D eigenvalue weighted by atomic mass is 10.0. The van der Waals surface area contributed by atoms with Gasteiger partial charge in [0.15, 0.2) is 0 Å². The number of hydrogen-bond acceptors (Lipinski definition) is 2. The smallest absolute Gasteiger partial charge is 0.219 e. The van der Waals surface area contributed by atoms with Gasteiger partial charge in [0.1, 0.15) is 0 Å². The molecule has 1 aliphatic rings. The number of nitrogens with one attached hydrogen (secondary N) is 2. The molecular weight excluding hydrogens is 140 g/mol. The van der Waals surface area contributed by atoms with Gasteiger partial charge >= 0.3 is 0 Å². The minimum Gasteiger partial charge on any atom is -0.356 e. The van der Waals surface area contributed by atoms with E-state index in [2.05, 4.69) is 10.6 Å². The summed E-state index contributed by atoms with van der Waals surface area (Å²) in [5.74, 6) is 0.871. The van der Waals surface area contributed by atoms with Crippen LogP contribution in [0.3, 0.4) is 0 Å². The summed E-state index contributed by atoms with van der Waals surface area (Å²) in [4.78, 5) is 11.0. The Bertz CT molecular complexity index is 132. The summed E-state index contributed by atoms with van der Waals surface area (Å²) >= 11 is 0. The maximum atomic E-state index is 11.0. The Kier molecular flexibility index (Phi) is 3.36. The summed E-state index contributed by atoms with van der Waals surface area (Å²) in [6, 6.07) is 0.